The molecule has 3 fully saturated rings. The van der Waals surface area contributed by atoms with Crippen molar-refractivity contribution in [1.82, 2.24) is 0 Å². The van der Waals surface area contributed by atoms with Crippen molar-refractivity contribution in [1.29, 1.82) is 0 Å². The third-order valence-corrected chi connectivity index (χ3v) is 5.24. The van der Waals surface area contributed by atoms with Gasteiger partial charge in [0.1, 0.15) is 0 Å². The van der Waals surface area contributed by atoms with E-state index in [9.17, 15) is 5.11 Å². The largest absolute Gasteiger partial charge is 0.396 e. The Balaban J connectivity index is 1.84. The predicted octanol–water partition coefficient (Wildman–Crippen LogP) is 1.97. The molecule has 3 aliphatic rings. The second-order valence-corrected chi connectivity index (χ2v) is 5.49. The SMILES string of the molecule is OCC1CC12CCCC21CCOCC1. The molecule has 14 heavy (non-hydrogen) atoms. The van der Waals surface area contributed by atoms with Crippen molar-refractivity contribution in [3.05, 3.63) is 0 Å². The van der Waals surface area contributed by atoms with Gasteiger partial charge in [0.2, 0.25) is 0 Å². The van der Waals surface area contributed by atoms with E-state index in [0.29, 0.717) is 23.4 Å². The molecule has 0 aromatic carbocycles. The second-order valence-electron chi connectivity index (χ2n) is 5.49. The Hall–Kier alpha value is -0.0800. The minimum absolute atomic E-state index is 0.419. The van der Waals surface area contributed by atoms with Crippen LogP contribution in [0.15, 0.2) is 0 Å². The average molecular weight is 196 g/mol. The van der Waals surface area contributed by atoms with Gasteiger partial charge in [-0.25, -0.2) is 0 Å². The number of hydrogen-bond donors (Lipinski definition) is 1. The zero-order valence-electron chi connectivity index (χ0n) is 8.80. The van der Waals surface area contributed by atoms with Gasteiger partial charge in [0, 0.05) is 19.8 Å². The van der Waals surface area contributed by atoms with Crippen molar-refractivity contribution in [2.45, 2.75) is 38.5 Å². The van der Waals surface area contributed by atoms with Crippen LogP contribution in [-0.4, -0.2) is 24.9 Å². The quantitative estimate of drug-likeness (QED) is 0.694. The van der Waals surface area contributed by atoms with Gasteiger partial charge >= 0.3 is 0 Å². The third kappa shape index (κ3) is 0.989. The Labute approximate surface area is 85.6 Å². The molecule has 0 amide bonds. The molecule has 2 heteroatoms. The summed E-state index contributed by atoms with van der Waals surface area (Å²) in [4.78, 5) is 0. The molecule has 2 nitrogen and oxygen atoms in total. The van der Waals surface area contributed by atoms with Gasteiger partial charge in [0.05, 0.1) is 0 Å². The smallest absolute Gasteiger partial charge is 0.0471 e. The summed E-state index contributed by atoms with van der Waals surface area (Å²) in [6.45, 7) is 2.34. The van der Waals surface area contributed by atoms with Crippen LogP contribution in [0, 0.1) is 16.7 Å². The maximum atomic E-state index is 9.31. The Morgan fingerprint density at radius 2 is 1.93 bits per heavy atom. The van der Waals surface area contributed by atoms with Crippen LogP contribution in [0.2, 0.25) is 0 Å². The summed E-state index contributed by atoms with van der Waals surface area (Å²) in [6.07, 6.45) is 7.96. The van der Waals surface area contributed by atoms with Crippen LogP contribution in [-0.2, 0) is 4.74 Å². The topological polar surface area (TPSA) is 29.5 Å². The lowest BCUT2D eigenvalue weighted by atomic mass is 9.68. The van der Waals surface area contributed by atoms with Gasteiger partial charge in [0.15, 0.2) is 0 Å². The molecular formula is C12H20O2. The van der Waals surface area contributed by atoms with Gasteiger partial charge in [-0.15, -0.1) is 0 Å². The molecule has 0 bridgehead atoms. The van der Waals surface area contributed by atoms with Crippen LogP contribution in [0.5, 0.6) is 0 Å². The van der Waals surface area contributed by atoms with E-state index in [1.165, 1.54) is 38.5 Å². The molecule has 2 saturated carbocycles. The number of aliphatic hydroxyl groups excluding tert-OH is 1. The number of aliphatic hydroxyl groups is 1. The van der Waals surface area contributed by atoms with Gasteiger partial charge in [-0.1, -0.05) is 6.42 Å². The number of hydrogen-bond acceptors (Lipinski definition) is 2. The number of rotatable bonds is 1. The molecule has 1 N–H and O–H groups in total. The Morgan fingerprint density at radius 3 is 2.57 bits per heavy atom. The first kappa shape index (κ1) is 9.17. The number of fused-ring (bicyclic) bond motifs is 1. The van der Waals surface area contributed by atoms with E-state index in [-0.39, 0.29) is 0 Å². The van der Waals surface area contributed by atoms with Crippen molar-refractivity contribution < 1.29 is 9.84 Å². The van der Waals surface area contributed by atoms with E-state index in [1.807, 2.05) is 0 Å². The molecule has 1 saturated heterocycles. The van der Waals surface area contributed by atoms with Gasteiger partial charge in [-0.05, 0) is 48.9 Å². The summed E-state index contributed by atoms with van der Waals surface area (Å²) in [5.41, 5.74) is 1.12. The average Bonchev–Trinajstić information content (AvgIpc) is 2.85. The van der Waals surface area contributed by atoms with E-state index < -0.39 is 0 Å². The maximum absolute atomic E-state index is 9.31. The Kier molecular flexibility index (Phi) is 1.94. The molecule has 2 aliphatic carbocycles. The fourth-order valence-corrected chi connectivity index (χ4v) is 4.34. The molecule has 3 rings (SSSR count). The highest BCUT2D eigenvalue weighted by Crippen LogP contribution is 2.73. The maximum Gasteiger partial charge on any atom is 0.0471 e. The van der Waals surface area contributed by atoms with Crippen molar-refractivity contribution >= 4 is 0 Å². The van der Waals surface area contributed by atoms with Crippen LogP contribution in [0.1, 0.15) is 38.5 Å². The Bertz CT molecular complexity index is 232. The molecule has 1 heterocycles. The summed E-state index contributed by atoms with van der Waals surface area (Å²) >= 11 is 0. The summed E-state index contributed by atoms with van der Waals surface area (Å²) < 4.78 is 5.48. The van der Waals surface area contributed by atoms with E-state index in [4.69, 9.17) is 4.74 Å². The van der Waals surface area contributed by atoms with E-state index in [1.54, 1.807) is 0 Å². The molecule has 2 spiro atoms. The lowest BCUT2D eigenvalue weighted by Gasteiger charge is -2.40. The van der Waals surface area contributed by atoms with Crippen molar-refractivity contribution in [2.24, 2.45) is 16.7 Å². The summed E-state index contributed by atoms with van der Waals surface area (Å²) in [7, 11) is 0. The van der Waals surface area contributed by atoms with Crippen molar-refractivity contribution in [2.75, 3.05) is 19.8 Å². The minimum atomic E-state index is 0.419. The lowest BCUT2D eigenvalue weighted by Crippen LogP contribution is -2.35. The van der Waals surface area contributed by atoms with Crippen LogP contribution in [0.25, 0.3) is 0 Å². The second kappa shape index (κ2) is 2.96. The van der Waals surface area contributed by atoms with Crippen LogP contribution >= 0.6 is 0 Å². The van der Waals surface area contributed by atoms with Crippen LogP contribution < -0.4 is 0 Å². The van der Waals surface area contributed by atoms with Gasteiger partial charge in [-0.2, -0.15) is 0 Å². The molecule has 0 aromatic heterocycles. The van der Waals surface area contributed by atoms with E-state index in [0.717, 1.165) is 13.2 Å². The van der Waals surface area contributed by atoms with E-state index in [2.05, 4.69) is 0 Å². The van der Waals surface area contributed by atoms with Crippen molar-refractivity contribution in [3.8, 4) is 0 Å². The summed E-state index contributed by atoms with van der Waals surface area (Å²) in [5, 5.41) is 9.31. The zero-order valence-corrected chi connectivity index (χ0v) is 8.80. The molecule has 0 aromatic rings. The molecular weight excluding hydrogens is 176 g/mol. The standard InChI is InChI=1S/C12H20O2/c13-9-10-8-12(10)3-1-2-11(12)4-6-14-7-5-11/h10,13H,1-9H2. The van der Waals surface area contributed by atoms with Gasteiger partial charge in [-0.3, -0.25) is 0 Å². The monoisotopic (exact) mass is 196 g/mol. The first-order valence-electron chi connectivity index (χ1n) is 6.02. The number of ether oxygens (including phenoxy) is 1. The zero-order chi connectivity index (χ0) is 9.65. The highest BCUT2D eigenvalue weighted by atomic mass is 16.5. The molecule has 0 radical (unpaired) electrons. The van der Waals surface area contributed by atoms with Gasteiger partial charge < -0.3 is 9.84 Å². The lowest BCUT2D eigenvalue weighted by molar-refractivity contribution is -0.0208. The molecule has 2 unspecified atom stereocenters. The first-order valence-corrected chi connectivity index (χ1v) is 6.02. The Morgan fingerprint density at radius 1 is 1.14 bits per heavy atom. The summed E-state index contributed by atoms with van der Waals surface area (Å²) in [6, 6.07) is 0. The van der Waals surface area contributed by atoms with Crippen molar-refractivity contribution in [3.63, 3.8) is 0 Å². The van der Waals surface area contributed by atoms with Crippen LogP contribution in [0.4, 0.5) is 0 Å². The highest BCUT2D eigenvalue weighted by Gasteiger charge is 2.67. The van der Waals surface area contributed by atoms with E-state index >= 15 is 0 Å². The third-order valence-electron chi connectivity index (χ3n) is 5.24. The summed E-state index contributed by atoms with van der Waals surface area (Å²) in [5.74, 6) is 0.628. The fraction of sp³-hybridized carbons (Fsp3) is 1.00. The molecule has 80 valence electrons. The normalized spacial score (nSPS) is 44.8. The fourth-order valence-electron chi connectivity index (χ4n) is 4.34. The van der Waals surface area contributed by atoms with Crippen LogP contribution in [0.3, 0.4) is 0 Å². The minimum Gasteiger partial charge on any atom is -0.396 e. The highest BCUT2D eigenvalue weighted by molar-refractivity contribution is 5.16. The molecule has 2 atom stereocenters. The van der Waals surface area contributed by atoms with Gasteiger partial charge in [0.25, 0.3) is 0 Å². The predicted molar refractivity (Wildman–Crippen MR) is 54.0 cm³/mol. The molecule has 1 aliphatic heterocycles. The first-order chi connectivity index (χ1) is 6.83.